The molecule has 0 amide bonds. The summed E-state index contributed by atoms with van der Waals surface area (Å²) >= 11 is 0. The van der Waals surface area contributed by atoms with E-state index in [1.54, 1.807) is 0 Å². The highest BCUT2D eigenvalue weighted by Crippen LogP contribution is 2.36. The number of hydrogen-bond acceptors (Lipinski definition) is 1. The van der Waals surface area contributed by atoms with Crippen LogP contribution in [0.25, 0.3) is 0 Å². The van der Waals surface area contributed by atoms with Gasteiger partial charge in [0, 0.05) is 10.1 Å². The van der Waals surface area contributed by atoms with Crippen molar-refractivity contribution in [1.29, 1.82) is 0 Å². The van der Waals surface area contributed by atoms with E-state index in [4.69, 9.17) is 0 Å². The van der Waals surface area contributed by atoms with E-state index in [0.717, 1.165) is 12.5 Å². The monoisotopic (exact) mass is 260 g/mol. The lowest BCUT2D eigenvalue weighted by Gasteiger charge is -2.26. The van der Waals surface area contributed by atoms with E-state index < -0.39 is 22.4 Å². The molecule has 1 aliphatic rings. The third-order valence-electron chi connectivity index (χ3n) is 2.85. The molecule has 4 heteroatoms. The van der Waals surface area contributed by atoms with E-state index in [0.29, 0.717) is 10.5 Å². The predicted octanol–water partition coefficient (Wildman–Crippen LogP) is 3.99. The predicted molar refractivity (Wildman–Crippen MR) is 66.6 cm³/mol. The first-order valence-electron chi connectivity index (χ1n) is 5.90. The summed E-state index contributed by atoms with van der Waals surface area (Å²) in [4.78, 5) is 0.458. The second-order valence-corrected chi connectivity index (χ2v) is 5.89. The Labute approximate surface area is 104 Å². The second kappa shape index (κ2) is 5.71. The van der Waals surface area contributed by atoms with Crippen molar-refractivity contribution >= 4 is 10.8 Å². The smallest absolute Gasteiger partial charge is 0.160 e. The fraction of sp³-hybridized carbons (Fsp3) is 0.538. The molecular formula is C13H18F2OS. The fourth-order valence-electron chi connectivity index (χ4n) is 2.03. The standard InChI is InChI=1S/C11H12F2OS.C2H6/c1-6-3-7(2)15(14)11-5-10(13)9(12)4-8(6)11;1-2/h4-7H,3H2,1-2H3;1-2H3. The normalized spacial score (nSPS) is 26.8. The van der Waals surface area contributed by atoms with Gasteiger partial charge in [-0.2, -0.15) is 0 Å². The summed E-state index contributed by atoms with van der Waals surface area (Å²) in [5, 5.41) is 0.0114. The molecule has 3 unspecified atom stereocenters. The zero-order chi connectivity index (χ0) is 13.2. The molecular weight excluding hydrogens is 242 g/mol. The van der Waals surface area contributed by atoms with Gasteiger partial charge in [-0.3, -0.25) is 4.21 Å². The summed E-state index contributed by atoms with van der Waals surface area (Å²) in [7, 11) is -1.21. The van der Waals surface area contributed by atoms with Crippen molar-refractivity contribution in [3.63, 3.8) is 0 Å². The van der Waals surface area contributed by atoms with Crippen molar-refractivity contribution in [2.75, 3.05) is 0 Å². The topological polar surface area (TPSA) is 17.1 Å². The average Bonchev–Trinajstić information content (AvgIpc) is 2.31. The van der Waals surface area contributed by atoms with Crippen LogP contribution in [0.4, 0.5) is 8.78 Å². The maximum atomic E-state index is 13.0. The molecule has 2 rings (SSSR count). The van der Waals surface area contributed by atoms with Crippen LogP contribution in [0.1, 0.15) is 45.6 Å². The zero-order valence-electron chi connectivity index (χ0n) is 10.6. The van der Waals surface area contributed by atoms with Crippen molar-refractivity contribution in [2.24, 2.45) is 0 Å². The first kappa shape index (κ1) is 14.3. The van der Waals surface area contributed by atoms with Gasteiger partial charge in [-0.05, 0) is 30.0 Å². The molecule has 0 fully saturated rings. The SMILES string of the molecule is CC.CC1CC(C)S(=O)c2cc(F)c(F)cc21. The van der Waals surface area contributed by atoms with Crippen molar-refractivity contribution in [2.45, 2.75) is 50.2 Å². The van der Waals surface area contributed by atoms with E-state index in [-0.39, 0.29) is 11.2 Å². The lowest BCUT2D eigenvalue weighted by molar-refractivity contribution is 0.497. The third-order valence-corrected chi connectivity index (χ3v) is 4.56. The molecule has 96 valence electrons. The first-order chi connectivity index (χ1) is 8.00. The third kappa shape index (κ3) is 2.73. The summed E-state index contributed by atoms with van der Waals surface area (Å²) in [6.07, 6.45) is 0.755. The summed E-state index contributed by atoms with van der Waals surface area (Å²) in [5.41, 5.74) is 0.685. The molecule has 1 nitrogen and oxygen atoms in total. The minimum atomic E-state index is -1.21. The lowest BCUT2D eigenvalue weighted by atomic mass is 9.95. The van der Waals surface area contributed by atoms with Crippen LogP contribution in [0.2, 0.25) is 0 Å². The van der Waals surface area contributed by atoms with Crippen molar-refractivity contribution in [3.8, 4) is 0 Å². The number of rotatable bonds is 0. The highest BCUT2D eigenvalue weighted by atomic mass is 32.2. The van der Waals surface area contributed by atoms with E-state index in [9.17, 15) is 13.0 Å². The van der Waals surface area contributed by atoms with Crippen LogP contribution in [0, 0.1) is 11.6 Å². The van der Waals surface area contributed by atoms with Gasteiger partial charge in [-0.1, -0.05) is 27.7 Å². The van der Waals surface area contributed by atoms with E-state index in [1.165, 1.54) is 6.07 Å². The fourth-order valence-corrected chi connectivity index (χ4v) is 3.64. The van der Waals surface area contributed by atoms with Crippen LogP contribution in [-0.4, -0.2) is 9.46 Å². The Hall–Kier alpha value is -0.770. The zero-order valence-corrected chi connectivity index (χ0v) is 11.4. The first-order valence-corrected chi connectivity index (χ1v) is 7.11. The minimum absolute atomic E-state index is 0.0114. The second-order valence-electron chi connectivity index (χ2n) is 4.05. The molecule has 0 aromatic heterocycles. The highest BCUT2D eigenvalue weighted by Gasteiger charge is 2.29. The molecule has 1 aromatic carbocycles. The quantitative estimate of drug-likeness (QED) is 0.689. The Balaban J connectivity index is 0.000000686. The molecule has 3 atom stereocenters. The lowest BCUT2D eigenvalue weighted by Crippen LogP contribution is -2.22. The van der Waals surface area contributed by atoms with Crippen LogP contribution >= 0.6 is 0 Å². The molecule has 0 N–H and O–H groups in total. The Morgan fingerprint density at radius 3 is 2.29 bits per heavy atom. The average molecular weight is 260 g/mol. The Bertz CT molecular complexity index is 432. The summed E-state index contributed by atoms with van der Waals surface area (Å²) in [6.45, 7) is 7.82. The number of benzene rings is 1. The van der Waals surface area contributed by atoms with Gasteiger partial charge in [0.2, 0.25) is 0 Å². The van der Waals surface area contributed by atoms with Gasteiger partial charge < -0.3 is 0 Å². The van der Waals surface area contributed by atoms with Gasteiger partial charge in [0.05, 0.1) is 10.8 Å². The van der Waals surface area contributed by atoms with Crippen molar-refractivity contribution in [3.05, 3.63) is 29.3 Å². The number of fused-ring (bicyclic) bond motifs is 1. The van der Waals surface area contributed by atoms with Crippen LogP contribution in [0.5, 0.6) is 0 Å². The molecule has 17 heavy (non-hydrogen) atoms. The van der Waals surface area contributed by atoms with Gasteiger partial charge in [0.25, 0.3) is 0 Å². The maximum absolute atomic E-state index is 13.0. The van der Waals surface area contributed by atoms with Crippen LogP contribution in [-0.2, 0) is 10.8 Å². The van der Waals surface area contributed by atoms with Crippen molar-refractivity contribution in [1.82, 2.24) is 0 Å². The Morgan fingerprint density at radius 1 is 1.18 bits per heavy atom. The van der Waals surface area contributed by atoms with Gasteiger partial charge in [0.1, 0.15) is 0 Å². The highest BCUT2D eigenvalue weighted by molar-refractivity contribution is 7.85. The molecule has 0 bridgehead atoms. The molecule has 0 spiro atoms. The Morgan fingerprint density at radius 2 is 1.71 bits per heavy atom. The molecule has 0 saturated heterocycles. The Kier molecular flexibility index (Phi) is 4.80. The number of halogens is 2. The van der Waals surface area contributed by atoms with Gasteiger partial charge in [0.15, 0.2) is 11.6 Å². The van der Waals surface area contributed by atoms with E-state index in [1.807, 2.05) is 27.7 Å². The van der Waals surface area contributed by atoms with Gasteiger partial charge in [-0.15, -0.1) is 0 Å². The largest absolute Gasteiger partial charge is 0.254 e. The molecule has 1 aromatic rings. The molecule has 1 heterocycles. The van der Waals surface area contributed by atoms with E-state index in [2.05, 4.69) is 0 Å². The van der Waals surface area contributed by atoms with E-state index >= 15 is 0 Å². The molecule has 0 saturated carbocycles. The van der Waals surface area contributed by atoms with Gasteiger partial charge >= 0.3 is 0 Å². The maximum Gasteiger partial charge on any atom is 0.160 e. The van der Waals surface area contributed by atoms with Crippen molar-refractivity contribution < 1.29 is 13.0 Å². The van der Waals surface area contributed by atoms with Gasteiger partial charge in [-0.25, -0.2) is 8.78 Å². The van der Waals surface area contributed by atoms with Crippen LogP contribution in [0.15, 0.2) is 17.0 Å². The summed E-state index contributed by atoms with van der Waals surface area (Å²) in [5.74, 6) is -1.63. The van der Waals surface area contributed by atoms with Crippen LogP contribution in [0.3, 0.4) is 0 Å². The summed E-state index contributed by atoms with van der Waals surface area (Å²) < 4.78 is 37.9. The van der Waals surface area contributed by atoms with Crippen LogP contribution < -0.4 is 0 Å². The molecule has 1 aliphatic heterocycles. The number of hydrogen-bond donors (Lipinski definition) is 0. The molecule has 0 aliphatic carbocycles. The minimum Gasteiger partial charge on any atom is -0.254 e. The molecule has 0 radical (unpaired) electrons. The summed E-state index contributed by atoms with van der Waals surface area (Å²) in [6, 6.07) is 2.26.